The molecule has 1 aromatic carbocycles. The lowest BCUT2D eigenvalue weighted by molar-refractivity contribution is 0.475. The molecular weight excluding hydrogens is 219 g/mol. The summed E-state index contributed by atoms with van der Waals surface area (Å²) in [6.45, 7) is 4.58. The van der Waals surface area contributed by atoms with Crippen molar-refractivity contribution in [2.45, 2.75) is 26.0 Å². The Labute approximate surface area is 89.0 Å². The Morgan fingerprint density at radius 2 is 1.93 bits per heavy atom. The minimum absolute atomic E-state index is 0.141. The second-order valence-electron chi connectivity index (χ2n) is 3.54. The second-order valence-corrected chi connectivity index (χ2v) is 5.63. The number of aryl methyl sites for hydroxylation is 1. The van der Waals surface area contributed by atoms with Gasteiger partial charge in [0.15, 0.2) is 0 Å². The highest BCUT2D eigenvalue weighted by molar-refractivity contribution is 7.87. The summed E-state index contributed by atoms with van der Waals surface area (Å²) in [5, 5.41) is -0.622. The van der Waals surface area contributed by atoms with Crippen LogP contribution in [0.15, 0.2) is 18.2 Å². The van der Waals surface area contributed by atoms with Crippen LogP contribution in [0.4, 0.5) is 4.39 Å². The lowest BCUT2D eigenvalue weighted by Gasteiger charge is -2.09. The zero-order valence-corrected chi connectivity index (χ0v) is 9.64. The Hall–Kier alpha value is -1.10. The van der Waals surface area contributed by atoms with Gasteiger partial charge in [-0.3, -0.25) is 0 Å². The number of hydrogen-bond donors (Lipinski definition) is 0. The molecule has 3 nitrogen and oxygen atoms in total. The van der Waals surface area contributed by atoms with Gasteiger partial charge in [-0.1, -0.05) is 0 Å². The van der Waals surface area contributed by atoms with E-state index in [4.69, 9.17) is 4.18 Å². The molecule has 0 amide bonds. The molecule has 1 rings (SSSR count). The van der Waals surface area contributed by atoms with E-state index in [9.17, 15) is 12.8 Å². The number of hydrogen-bond acceptors (Lipinski definition) is 3. The summed E-state index contributed by atoms with van der Waals surface area (Å²) in [5.41, 5.74) is 0.353. The Morgan fingerprint density at radius 1 is 1.33 bits per heavy atom. The van der Waals surface area contributed by atoms with E-state index < -0.39 is 15.4 Å². The Balaban J connectivity index is 2.96. The summed E-state index contributed by atoms with van der Waals surface area (Å²) in [6.07, 6.45) is 0. The first kappa shape index (κ1) is 12.0. The molecule has 0 radical (unpaired) electrons. The summed E-state index contributed by atoms with van der Waals surface area (Å²) in [6, 6.07) is 3.83. The van der Waals surface area contributed by atoms with Crippen molar-refractivity contribution >= 4 is 10.1 Å². The molecule has 0 bridgehead atoms. The minimum Gasteiger partial charge on any atom is -0.382 e. The molecule has 0 heterocycles. The van der Waals surface area contributed by atoms with E-state index in [0.717, 1.165) is 0 Å². The van der Waals surface area contributed by atoms with E-state index in [1.54, 1.807) is 6.92 Å². The Bertz CT molecular complexity index is 452. The van der Waals surface area contributed by atoms with Crippen molar-refractivity contribution in [2.75, 3.05) is 0 Å². The van der Waals surface area contributed by atoms with Crippen molar-refractivity contribution in [3.05, 3.63) is 29.6 Å². The summed E-state index contributed by atoms with van der Waals surface area (Å²) < 4.78 is 40.4. The van der Waals surface area contributed by atoms with Gasteiger partial charge in [0, 0.05) is 0 Å². The molecule has 0 saturated heterocycles. The maximum atomic E-state index is 12.9. The average Bonchev–Trinajstić information content (AvgIpc) is 2.10. The van der Waals surface area contributed by atoms with Gasteiger partial charge >= 0.3 is 10.1 Å². The van der Waals surface area contributed by atoms with Gasteiger partial charge in [-0.2, -0.15) is 8.42 Å². The van der Waals surface area contributed by atoms with Gasteiger partial charge in [-0.05, 0) is 44.5 Å². The molecule has 0 atom stereocenters. The lowest BCUT2D eigenvalue weighted by Crippen LogP contribution is -2.20. The smallest absolute Gasteiger partial charge is 0.311 e. The van der Waals surface area contributed by atoms with Crippen molar-refractivity contribution in [2.24, 2.45) is 0 Å². The van der Waals surface area contributed by atoms with E-state index in [1.807, 2.05) is 0 Å². The molecule has 0 aliphatic carbocycles. The first-order valence-electron chi connectivity index (χ1n) is 4.52. The second kappa shape index (κ2) is 4.18. The number of rotatable bonds is 3. The Kier molecular flexibility index (Phi) is 3.34. The molecule has 1 aromatic rings. The van der Waals surface area contributed by atoms with Gasteiger partial charge in [-0.25, -0.2) is 4.39 Å². The van der Waals surface area contributed by atoms with Crippen molar-refractivity contribution in [3.63, 3.8) is 0 Å². The fraction of sp³-hybridized carbons (Fsp3) is 0.400. The first-order chi connectivity index (χ1) is 6.83. The van der Waals surface area contributed by atoms with Crippen LogP contribution in [0.1, 0.15) is 19.4 Å². The van der Waals surface area contributed by atoms with E-state index in [-0.39, 0.29) is 11.6 Å². The quantitative estimate of drug-likeness (QED) is 0.751. The van der Waals surface area contributed by atoms with Crippen LogP contribution >= 0.6 is 0 Å². The SMILES string of the molecule is Cc1cc(OS(=O)(=O)C(C)C)ccc1F. The third-order valence-electron chi connectivity index (χ3n) is 1.92. The highest BCUT2D eigenvalue weighted by atomic mass is 32.2. The largest absolute Gasteiger partial charge is 0.382 e. The van der Waals surface area contributed by atoms with Gasteiger partial charge < -0.3 is 4.18 Å². The number of halogens is 1. The highest BCUT2D eigenvalue weighted by Crippen LogP contribution is 2.18. The molecule has 0 N–H and O–H groups in total. The van der Waals surface area contributed by atoms with Crippen molar-refractivity contribution in [1.29, 1.82) is 0 Å². The normalized spacial score (nSPS) is 11.8. The molecule has 0 spiro atoms. The van der Waals surface area contributed by atoms with Crippen LogP contribution in [0.2, 0.25) is 0 Å². The van der Waals surface area contributed by atoms with Crippen LogP contribution in [0.3, 0.4) is 0 Å². The standard InChI is InChI=1S/C10H13FO3S/c1-7(2)15(12,13)14-9-4-5-10(11)8(3)6-9/h4-7H,1-3H3. The van der Waals surface area contributed by atoms with E-state index in [2.05, 4.69) is 0 Å². The van der Waals surface area contributed by atoms with E-state index >= 15 is 0 Å². The topological polar surface area (TPSA) is 43.4 Å². The fourth-order valence-electron chi connectivity index (χ4n) is 0.899. The predicted octanol–water partition coefficient (Wildman–Crippen LogP) is 2.25. The minimum atomic E-state index is -3.60. The maximum absolute atomic E-state index is 12.9. The van der Waals surface area contributed by atoms with Crippen LogP contribution in [0.25, 0.3) is 0 Å². The summed E-state index contributed by atoms with van der Waals surface area (Å²) in [7, 11) is -3.60. The molecule has 15 heavy (non-hydrogen) atoms. The van der Waals surface area contributed by atoms with Gasteiger partial charge in [0.05, 0.1) is 5.25 Å². The molecule has 0 fully saturated rings. The summed E-state index contributed by atoms with van der Waals surface area (Å²) >= 11 is 0. The summed E-state index contributed by atoms with van der Waals surface area (Å²) in [4.78, 5) is 0. The molecule has 5 heteroatoms. The third-order valence-corrected chi connectivity index (χ3v) is 3.50. The van der Waals surface area contributed by atoms with Gasteiger partial charge in [0.25, 0.3) is 0 Å². The molecule has 0 aromatic heterocycles. The zero-order valence-electron chi connectivity index (χ0n) is 8.82. The van der Waals surface area contributed by atoms with Crippen LogP contribution < -0.4 is 4.18 Å². The Morgan fingerprint density at radius 3 is 2.40 bits per heavy atom. The van der Waals surface area contributed by atoms with Gasteiger partial charge in [0.2, 0.25) is 0 Å². The van der Waals surface area contributed by atoms with Crippen LogP contribution in [-0.2, 0) is 10.1 Å². The van der Waals surface area contributed by atoms with E-state index in [0.29, 0.717) is 5.56 Å². The fourth-order valence-corrected chi connectivity index (χ4v) is 1.46. The van der Waals surface area contributed by atoms with Crippen molar-refractivity contribution in [3.8, 4) is 5.75 Å². The average molecular weight is 232 g/mol. The van der Waals surface area contributed by atoms with Crippen molar-refractivity contribution < 1.29 is 17.0 Å². The van der Waals surface area contributed by atoms with Gasteiger partial charge in [0.1, 0.15) is 11.6 Å². The maximum Gasteiger partial charge on any atom is 0.311 e. The van der Waals surface area contributed by atoms with Crippen LogP contribution in [0.5, 0.6) is 5.75 Å². The van der Waals surface area contributed by atoms with Crippen LogP contribution in [-0.4, -0.2) is 13.7 Å². The third kappa shape index (κ3) is 2.92. The molecule has 84 valence electrons. The monoisotopic (exact) mass is 232 g/mol. The summed E-state index contributed by atoms with van der Waals surface area (Å²) in [5.74, 6) is -0.244. The molecule has 0 aliphatic rings. The molecule has 0 aliphatic heterocycles. The number of benzene rings is 1. The highest BCUT2D eigenvalue weighted by Gasteiger charge is 2.18. The molecular formula is C10H13FO3S. The van der Waals surface area contributed by atoms with Gasteiger partial charge in [-0.15, -0.1) is 0 Å². The van der Waals surface area contributed by atoms with Crippen molar-refractivity contribution in [1.82, 2.24) is 0 Å². The molecule has 0 unspecified atom stereocenters. The first-order valence-corrected chi connectivity index (χ1v) is 5.99. The lowest BCUT2D eigenvalue weighted by atomic mass is 10.2. The molecule has 0 saturated carbocycles. The van der Waals surface area contributed by atoms with Crippen LogP contribution in [0, 0.1) is 12.7 Å². The van der Waals surface area contributed by atoms with E-state index in [1.165, 1.54) is 32.0 Å². The zero-order chi connectivity index (χ0) is 11.6. The predicted molar refractivity (Wildman–Crippen MR) is 55.8 cm³/mol.